The van der Waals surface area contributed by atoms with Gasteiger partial charge in [0.05, 0.1) is 41.0 Å². The Morgan fingerprint density at radius 3 is 1.09 bits per heavy atom. The molecule has 1 aliphatic rings. The third-order valence-corrected chi connectivity index (χ3v) is 13.3. The van der Waals surface area contributed by atoms with Crippen LogP contribution in [0.5, 0.6) is 0 Å². The number of dihydropyridines is 1. The summed E-state index contributed by atoms with van der Waals surface area (Å²) < 4.78 is 16.0. The highest BCUT2D eigenvalue weighted by Gasteiger charge is 2.41. The number of carbonyl (C=O) groups excluding carboxylic acids is 2. The van der Waals surface area contributed by atoms with Crippen molar-refractivity contribution >= 4 is 11.9 Å². The average molecular weight is 930 g/mol. The maximum absolute atomic E-state index is 14.5. The van der Waals surface area contributed by atoms with E-state index in [1.54, 1.807) is 12.5 Å². The molecule has 0 unspecified atom stereocenters. The van der Waals surface area contributed by atoms with Crippen LogP contribution in [0.15, 0.2) is 139 Å². The van der Waals surface area contributed by atoms with E-state index in [1.807, 2.05) is 113 Å². The van der Waals surface area contributed by atoms with Gasteiger partial charge in [0.15, 0.2) is 37.9 Å². The second-order valence-corrected chi connectivity index (χ2v) is 19.2. The summed E-state index contributed by atoms with van der Waals surface area (Å²) in [6.45, 7) is 5.31. The van der Waals surface area contributed by atoms with Crippen LogP contribution >= 0.6 is 0 Å². The highest BCUT2D eigenvalue weighted by molar-refractivity contribution is 6.00. The predicted molar refractivity (Wildman–Crippen MR) is 280 cm³/mol. The van der Waals surface area contributed by atoms with Crippen LogP contribution < -0.4 is 14.5 Å². The Hall–Kier alpha value is -4.78. The highest BCUT2D eigenvalue weighted by Crippen LogP contribution is 2.40. The van der Waals surface area contributed by atoms with Crippen molar-refractivity contribution in [1.82, 2.24) is 5.32 Å². The minimum absolute atomic E-state index is 0.377. The summed E-state index contributed by atoms with van der Waals surface area (Å²) in [6, 6.07) is 21.7. The molecular weight excluding hydrogens is 839 g/mol. The molecule has 68 heavy (non-hydrogen) atoms. The third-order valence-electron chi connectivity index (χ3n) is 13.3. The first-order chi connectivity index (χ1) is 33.6. The van der Waals surface area contributed by atoms with Gasteiger partial charge in [-0.05, 0) is 43.4 Å². The van der Waals surface area contributed by atoms with Crippen molar-refractivity contribution in [2.45, 2.75) is 225 Å². The Bertz CT molecular complexity index is 1770. The molecular formula is C61H91N3O4+2. The summed E-state index contributed by atoms with van der Waals surface area (Å²) in [5.41, 5.74) is 2.97. The average Bonchev–Trinajstić information content (AvgIpc) is 3.36. The molecule has 2 aromatic heterocycles. The van der Waals surface area contributed by atoms with Crippen LogP contribution in [0, 0.1) is 0 Å². The molecule has 0 spiro atoms. The van der Waals surface area contributed by atoms with E-state index in [0.29, 0.717) is 35.6 Å². The number of rotatable bonds is 39. The number of ether oxygens (including phenoxy) is 2. The number of hydrogen-bond acceptors (Lipinski definition) is 5. The molecule has 7 heteroatoms. The minimum Gasteiger partial charge on any atom is -0.431 e. The van der Waals surface area contributed by atoms with Crippen molar-refractivity contribution < 1.29 is 28.2 Å². The molecule has 372 valence electrons. The van der Waals surface area contributed by atoms with Crippen LogP contribution in [-0.4, -0.2) is 11.9 Å². The van der Waals surface area contributed by atoms with Crippen molar-refractivity contribution in [3.8, 4) is 0 Å². The summed E-state index contributed by atoms with van der Waals surface area (Å²) in [5, 5.41) is 3.60. The first-order valence-electron chi connectivity index (χ1n) is 27.5. The number of esters is 2. The van der Waals surface area contributed by atoms with Crippen LogP contribution in [0.25, 0.3) is 0 Å². The topological polar surface area (TPSA) is 72.4 Å². The lowest BCUT2D eigenvalue weighted by Crippen LogP contribution is -2.45. The number of nitrogens with one attached hydrogen (secondary N) is 1. The molecule has 0 saturated heterocycles. The van der Waals surface area contributed by atoms with Gasteiger partial charge in [-0.1, -0.05) is 223 Å². The van der Waals surface area contributed by atoms with Gasteiger partial charge in [-0.3, -0.25) is 0 Å². The standard InChI is InChI=1S/C61H90N3O4/c1-3-5-7-9-11-13-15-17-19-21-23-25-27-29-31-42-50-67-60(65)58-55(52-63-46-38-34-39-47-63)62-56(53-64-48-40-35-41-49-64)59(57(58)54-44-36-33-37-45-54)61(66)68-51-43-32-30-28-26-24-22-20-18-16-14-12-10-8-6-4-2/h33-51,57H,3-32,52-53H2,1-2H3/q+1/p+1/b50-42+,51-43+. The Kier molecular flexibility index (Phi) is 30.5. The zero-order chi connectivity index (χ0) is 48.0. The second kappa shape index (κ2) is 37.2. The fraction of sp³-hybridized carbons (Fsp3) is 0.574. The summed E-state index contributed by atoms with van der Waals surface area (Å²) in [6.07, 6.45) is 53.6. The smallest absolute Gasteiger partial charge is 0.341 e. The van der Waals surface area contributed by atoms with Gasteiger partial charge in [0.2, 0.25) is 0 Å². The maximum atomic E-state index is 14.5. The molecule has 7 nitrogen and oxygen atoms in total. The number of aromatic nitrogens is 2. The largest absolute Gasteiger partial charge is 0.431 e. The van der Waals surface area contributed by atoms with Gasteiger partial charge in [-0.2, -0.15) is 9.13 Å². The van der Waals surface area contributed by atoms with Crippen LogP contribution in [0.1, 0.15) is 218 Å². The first-order valence-corrected chi connectivity index (χ1v) is 27.5. The lowest BCUT2D eigenvalue weighted by molar-refractivity contribution is -0.692. The van der Waals surface area contributed by atoms with Gasteiger partial charge >= 0.3 is 11.9 Å². The van der Waals surface area contributed by atoms with E-state index >= 15 is 0 Å². The van der Waals surface area contributed by atoms with Gasteiger partial charge in [0.1, 0.15) is 0 Å². The van der Waals surface area contributed by atoms with E-state index in [2.05, 4.69) is 19.2 Å². The first kappa shape index (κ1) is 55.8. The van der Waals surface area contributed by atoms with Gasteiger partial charge in [0.25, 0.3) is 0 Å². The number of pyridine rings is 2. The van der Waals surface area contributed by atoms with Crippen LogP contribution in [-0.2, 0) is 32.2 Å². The zero-order valence-corrected chi connectivity index (χ0v) is 42.7. The molecule has 0 atom stereocenters. The normalized spacial score (nSPS) is 13.2. The lowest BCUT2D eigenvalue weighted by atomic mass is 9.80. The Morgan fingerprint density at radius 2 is 0.750 bits per heavy atom. The molecule has 0 saturated carbocycles. The molecule has 3 heterocycles. The maximum Gasteiger partial charge on any atom is 0.341 e. The van der Waals surface area contributed by atoms with Crippen molar-refractivity contribution in [1.29, 1.82) is 0 Å². The van der Waals surface area contributed by atoms with Crippen LogP contribution in [0.3, 0.4) is 0 Å². The zero-order valence-electron chi connectivity index (χ0n) is 42.7. The van der Waals surface area contributed by atoms with E-state index in [1.165, 1.54) is 167 Å². The predicted octanol–water partition coefficient (Wildman–Crippen LogP) is 15.7. The molecule has 1 aromatic carbocycles. The molecule has 1 aliphatic heterocycles. The molecule has 0 fully saturated rings. The van der Waals surface area contributed by atoms with Crippen LogP contribution in [0.2, 0.25) is 0 Å². The van der Waals surface area contributed by atoms with E-state index < -0.39 is 17.9 Å². The monoisotopic (exact) mass is 930 g/mol. The summed E-state index contributed by atoms with van der Waals surface area (Å²) in [7, 11) is 0. The molecule has 1 N–H and O–H groups in total. The molecule has 4 rings (SSSR count). The quantitative estimate of drug-likeness (QED) is 0.0267. The number of unbranched alkanes of at least 4 members (excludes halogenated alkanes) is 28. The van der Waals surface area contributed by atoms with Gasteiger partial charge in [-0.25, -0.2) is 9.59 Å². The van der Waals surface area contributed by atoms with Gasteiger partial charge in [-0.15, -0.1) is 0 Å². The number of allylic oxidation sites excluding steroid dienone is 4. The Morgan fingerprint density at radius 1 is 0.441 bits per heavy atom. The third kappa shape index (κ3) is 23.5. The van der Waals surface area contributed by atoms with E-state index in [0.717, 1.165) is 31.2 Å². The van der Waals surface area contributed by atoms with Gasteiger partial charge in [0, 0.05) is 24.3 Å². The Balaban J connectivity index is 1.37. The van der Waals surface area contributed by atoms with Crippen molar-refractivity contribution in [2.24, 2.45) is 0 Å². The summed E-state index contributed by atoms with van der Waals surface area (Å²) >= 11 is 0. The fourth-order valence-corrected chi connectivity index (χ4v) is 9.36. The lowest BCUT2D eigenvalue weighted by Gasteiger charge is -2.30. The van der Waals surface area contributed by atoms with Crippen molar-refractivity contribution in [3.05, 3.63) is 144 Å². The molecule has 0 amide bonds. The fourth-order valence-electron chi connectivity index (χ4n) is 9.36. The second-order valence-electron chi connectivity index (χ2n) is 19.2. The SMILES string of the molecule is CCCCCCCCCCCCCCCC/C=C/OC(=O)C1=C(C[n+]2ccccc2)NC(C[n+]2ccccc2)=C(C(=O)O/C=C/CCCCCCCCCCCCCCCC)C1c1ccccc1. The van der Waals surface area contributed by atoms with Crippen molar-refractivity contribution in [2.75, 3.05) is 0 Å². The van der Waals surface area contributed by atoms with Crippen molar-refractivity contribution in [3.63, 3.8) is 0 Å². The molecule has 0 radical (unpaired) electrons. The number of carbonyl (C=O) groups is 2. The van der Waals surface area contributed by atoms with Crippen LogP contribution in [0.4, 0.5) is 0 Å². The van der Waals surface area contributed by atoms with E-state index in [-0.39, 0.29) is 0 Å². The minimum atomic E-state index is -0.727. The number of hydrogen-bond donors (Lipinski definition) is 1. The summed E-state index contributed by atoms with van der Waals surface area (Å²) in [4.78, 5) is 29.1. The highest BCUT2D eigenvalue weighted by atomic mass is 16.5. The van der Waals surface area contributed by atoms with Gasteiger partial charge < -0.3 is 14.8 Å². The summed E-state index contributed by atoms with van der Waals surface area (Å²) in [5.74, 6) is -1.70. The van der Waals surface area contributed by atoms with E-state index in [4.69, 9.17) is 9.47 Å². The molecule has 0 aliphatic carbocycles. The number of benzene rings is 1. The molecule has 0 bridgehead atoms. The van der Waals surface area contributed by atoms with E-state index in [9.17, 15) is 9.59 Å². The molecule has 3 aromatic rings. The number of nitrogens with zero attached hydrogens (tertiary/aromatic N) is 2. The Labute approximate surface area is 413 Å².